The predicted octanol–water partition coefficient (Wildman–Crippen LogP) is 7.71. The maximum atomic E-state index is 10.7. The fourth-order valence-electron chi connectivity index (χ4n) is 7.20. The summed E-state index contributed by atoms with van der Waals surface area (Å²) >= 11 is 0. The topological polar surface area (TPSA) is 58.3 Å². The van der Waals surface area contributed by atoms with Crippen LogP contribution in [0.1, 0.15) is 59.3 Å². The Morgan fingerprint density at radius 3 is 2.30 bits per heavy atom. The first-order valence-electron chi connectivity index (χ1n) is 14.9. The van der Waals surface area contributed by atoms with E-state index >= 15 is 0 Å². The molecule has 6 rings (SSSR count). The Morgan fingerprint density at radius 1 is 0.900 bits per heavy atom. The van der Waals surface area contributed by atoms with E-state index in [9.17, 15) is 10.2 Å². The van der Waals surface area contributed by atoms with E-state index in [1.807, 2.05) is 60.7 Å². The molecule has 1 aromatic heterocycles. The summed E-state index contributed by atoms with van der Waals surface area (Å²) < 4.78 is 2.18. The maximum absolute atomic E-state index is 10.7. The minimum atomic E-state index is -0.285. The monoisotopic (exact) mass is 716 g/mol. The quantitative estimate of drug-likeness (QED) is 0.208. The summed E-state index contributed by atoms with van der Waals surface area (Å²) in [5.74, 6) is 3.04. The zero-order chi connectivity index (χ0) is 27.4. The van der Waals surface area contributed by atoms with Crippen molar-refractivity contribution in [3.63, 3.8) is 0 Å². The van der Waals surface area contributed by atoms with Gasteiger partial charge in [0.25, 0.3) is 0 Å². The van der Waals surface area contributed by atoms with Crippen molar-refractivity contribution in [2.75, 3.05) is 0 Å². The molecule has 2 N–H and O–H groups in total. The Balaban J connectivity index is 0.000000183. The minimum absolute atomic E-state index is 0. The molecule has 0 bridgehead atoms. The molecule has 0 amide bonds. The van der Waals surface area contributed by atoms with Crippen LogP contribution < -0.4 is 0 Å². The van der Waals surface area contributed by atoms with Crippen LogP contribution in [-0.4, -0.2) is 32.0 Å². The van der Waals surface area contributed by atoms with Crippen molar-refractivity contribution in [2.45, 2.75) is 71.5 Å². The Labute approximate surface area is 253 Å². The number of benzene rings is 3. The number of aliphatic hydroxyl groups is 2. The van der Waals surface area contributed by atoms with Gasteiger partial charge in [-0.25, -0.2) is 0 Å². The molecule has 5 heteroatoms. The molecule has 40 heavy (non-hydrogen) atoms. The fourth-order valence-corrected chi connectivity index (χ4v) is 7.20. The molecular formula is C35H43IrN2O2-. The van der Waals surface area contributed by atoms with E-state index in [1.54, 1.807) is 0 Å². The number of fused-ring (bicyclic) bond motifs is 2. The molecule has 2 fully saturated rings. The van der Waals surface area contributed by atoms with Gasteiger partial charge in [-0.2, -0.15) is 0 Å². The van der Waals surface area contributed by atoms with Crippen LogP contribution in [0.5, 0.6) is 0 Å². The van der Waals surface area contributed by atoms with E-state index in [2.05, 4.69) is 49.6 Å². The Hall–Kier alpha value is -2.30. The second kappa shape index (κ2) is 14.0. The Kier molecular flexibility index (Phi) is 10.8. The zero-order valence-corrected chi connectivity index (χ0v) is 26.3. The predicted molar refractivity (Wildman–Crippen MR) is 160 cm³/mol. The van der Waals surface area contributed by atoms with Crippen LogP contribution in [0.2, 0.25) is 0 Å². The average molecular weight is 716 g/mol. The van der Waals surface area contributed by atoms with Crippen molar-refractivity contribution in [1.29, 1.82) is 0 Å². The van der Waals surface area contributed by atoms with Crippen LogP contribution in [0.3, 0.4) is 0 Å². The molecule has 1 radical (unpaired) electrons. The summed E-state index contributed by atoms with van der Waals surface area (Å²) in [5.41, 5.74) is 4.21. The smallest absolute Gasteiger partial charge is 0.0774 e. The van der Waals surface area contributed by atoms with E-state index in [4.69, 9.17) is 4.98 Å². The molecule has 0 aliphatic heterocycles. The average Bonchev–Trinajstić information content (AvgIpc) is 3.48. The SMILES string of the molecule is CCC(CC)[C@H]1CC2CCC[C@H](C)C(O)C2C1O.[Ir].[c-]1ccccc1-c1nc2ccccc2n1-c1ccccc1. The van der Waals surface area contributed by atoms with Crippen LogP contribution in [0.4, 0.5) is 0 Å². The van der Waals surface area contributed by atoms with E-state index in [0.29, 0.717) is 23.7 Å². The third-order valence-corrected chi connectivity index (χ3v) is 9.34. The van der Waals surface area contributed by atoms with Gasteiger partial charge in [0, 0.05) is 31.7 Å². The zero-order valence-electron chi connectivity index (χ0n) is 23.9. The van der Waals surface area contributed by atoms with Crippen LogP contribution in [0, 0.1) is 35.7 Å². The fraction of sp³-hybridized carbons (Fsp3) is 0.457. The first kappa shape index (κ1) is 30.7. The number of nitrogens with zero attached hydrogens (tertiary/aromatic N) is 2. The van der Waals surface area contributed by atoms with Crippen molar-refractivity contribution in [3.8, 4) is 17.1 Å². The van der Waals surface area contributed by atoms with Crippen molar-refractivity contribution in [2.24, 2.45) is 29.6 Å². The van der Waals surface area contributed by atoms with Crippen molar-refractivity contribution in [3.05, 3.63) is 84.9 Å². The molecule has 0 saturated heterocycles. The number of imidazole rings is 1. The molecule has 2 aliphatic carbocycles. The van der Waals surface area contributed by atoms with Gasteiger partial charge in [-0.05, 0) is 67.2 Å². The molecule has 2 saturated carbocycles. The van der Waals surface area contributed by atoms with Crippen molar-refractivity contribution in [1.82, 2.24) is 9.55 Å². The first-order valence-corrected chi connectivity index (χ1v) is 14.9. The largest absolute Gasteiger partial charge is 0.392 e. The summed E-state index contributed by atoms with van der Waals surface area (Å²) in [6, 6.07) is 29.7. The van der Waals surface area contributed by atoms with Crippen LogP contribution in [-0.2, 0) is 20.1 Å². The number of rotatable bonds is 5. The Morgan fingerprint density at radius 2 is 1.60 bits per heavy atom. The van der Waals surface area contributed by atoms with Gasteiger partial charge >= 0.3 is 0 Å². The van der Waals surface area contributed by atoms with Crippen molar-refractivity contribution < 1.29 is 30.3 Å². The summed E-state index contributed by atoms with van der Waals surface area (Å²) in [5, 5.41) is 21.2. The molecule has 0 spiro atoms. The van der Waals surface area contributed by atoms with Crippen LogP contribution in [0.25, 0.3) is 28.1 Å². The Bertz CT molecular complexity index is 1320. The molecule has 2 aliphatic rings. The van der Waals surface area contributed by atoms with Gasteiger partial charge in [-0.15, -0.1) is 35.9 Å². The summed E-state index contributed by atoms with van der Waals surface area (Å²) in [7, 11) is 0. The van der Waals surface area contributed by atoms with E-state index < -0.39 is 0 Å². The second-order valence-corrected chi connectivity index (χ2v) is 11.6. The summed E-state index contributed by atoms with van der Waals surface area (Å²) in [4.78, 5) is 4.79. The molecular weight excluding hydrogens is 673 g/mol. The number of para-hydroxylation sites is 3. The normalized spacial score (nSPS) is 25.9. The van der Waals surface area contributed by atoms with Gasteiger partial charge in [0.15, 0.2) is 0 Å². The first-order chi connectivity index (χ1) is 19.0. The van der Waals surface area contributed by atoms with E-state index in [1.165, 1.54) is 12.8 Å². The minimum Gasteiger partial charge on any atom is -0.392 e. The molecule has 4 unspecified atom stereocenters. The van der Waals surface area contributed by atoms with Crippen molar-refractivity contribution >= 4 is 11.0 Å². The third-order valence-electron chi connectivity index (χ3n) is 9.34. The number of hydrogen-bond acceptors (Lipinski definition) is 3. The standard InChI is InChI=1S/C19H13N2.C16H30O2.Ir/c1-3-9-15(10-4-1)19-20-17-13-7-8-14-18(17)21(19)16-11-5-2-6-12-16;1-4-11(5-2)13-9-12-8-6-7-10(3)15(17)14(12)16(13)18;/h1-9,11-14H;10-18H,4-9H2,1-3H3;/q-1;;/t;10-,12?,13+,14?,15?,16?;/m.0./s1. The number of hydrogen-bond donors (Lipinski definition) is 2. The number of aliphatic hydroxyl groups excluding tert-OH is 2. The third kappa shape index (κ3) is 6.28. The molecule has 4 nitrogen and oxygen atoms in total. The molecule has 4 aromatic rings. The van der Waals surface area contributed by atoms with Gasteiger partial charge in [-0.3, -0.25) is 4.98 Å². The molecule has 215 valence electrons. The van der Waals surface area contributed by atoms with Gasteiger partial charge in [0.2, 0.25) is 0 Å². The molecule has 1 heterocycles. The summed E-state index contributed by atoms with van der Waals surface area (Å²) in [6.45, 7) is 6.60. The molecule has 6 atom stereocenters. The van der Waals surface area contributed by atoms with Crippen LogP contribution >= 0.6 is 0 Å². The summed E-state index contributed by atoms with van der Waals surface area (Å²) in [6.07, 6.45) is 6.45. The van der Waals surface area contributed by atoms with Gasteiger partial charge in [0.1, 0.15) is 0 Å². The van der Waals surface area contributed by atoms with Gasteiger partial charge < -0.3 is 14.8 Å². The molecule has 3 aromatic carbocycles. The maximum Gasteiger partial charge on any atom is 0.0774 e. The van der Waals surface area contributed by atoms with Gasteiger partial charge in [0.05, 0.1) is 29.1 Å². The van der Waals surface area contributed by atoms with E-state index in [0.717, 1.165) is 53.8 Å². The van der Waals surface area contributed by atoms with Gasteiger partial charge in [-0.1, -0.05) is 70.4 Å². The van der Waals surface area contributed by atoms with E-state index in [-0.39, 0.29) is 38.2 Å². The second-order valence-electron chi connectivity index (χ2n) is 11.6. The van der Waals surface area contributed by atoms with Crippen LogP contribution in [0.15, 0.2) is 78.9 Å². The number of aromatic nitrogens is 2.